The minimum Gasteiger partial charge on any atom is -0.450 e. The lowest BCUT2D eigenvalue weighted by Crippen LogP contribution is -2.54. The van der Waals surface area contributed by atoms with E-state index in [0.29, 0.717) is 19.7 Å². The average molecular weight is 515 g/mol. The van der Waals surface area contributed by atoms with Gasteiger partial charge in [-0.1, -0.05) is 12.1 Å². The molecule has 0 atom stereocenters. The Morgan fingerprint density at radius 2 is 1.96 bits per heavy atom. The molecule has 1 saturated heterocycles. The molecule has 4 amide bonds. The highest BCUT2D eigenvalue weighted by molar-refractivity contribution is 14.1. The normalized spacial score (nSPS) is 16.6. The molecule has 1 N–H and O–H groups in total. The second-order valence-electron chi connectivity index (χ2n) is 5.45. The van der Waals surface area contributed by atoms with E-state index < -0.39 is 17.8 Å². The molecule has 0 saturated carbocycles. The summed E-state index contributed by atoms with van der Waals surface area (Å²) in [5, 5.41) is 2.20. The number of hydrogen-bond donors (Lipinski definition) is 1. The maximum Gasteiger partial charge on any atom is 0.335 e. The van der Waals surface area contributed by atoms with Gasteiger partial charge in [-0.25, -0.2) is 9.69 Å². The van der Waals surface area contributed by atoms with E-state index in [1.165, 1.54) is 6.08 Å². The Balaban J connectivity index is 2.07. The van der Waals surface area contributed by atoms with Crippen molar-refractivity contribution in [3.63, 3.8) is 0 Å². The van der Waals surface area contributed by atoms with E-state index in [2.05, 4.69) is 21.2 Å². The standard InChI is InChI=1S/C17H12BrIN2O4/c1-8-4-3-5-13(9(8)2)21-16(23)11(15(22)20-17(21)24)6-10-7-12(18)14(19)25-10/h3-7H,1-2H3,(H,20,22,24)/b11-6+. The quantitative estimate of drug-likeness (QED) is 0.374. The van der Waals surface area contributed by atoms with E-state index in [4.69, 9.17) is 4.42 Å². The molecule has 1 aromatic heterocycles. The number of amides is 4. The third-order valence-electron chi connectivity index (χ3n) is 3.87. The first-order valence-electron chi connectivity index (χ1n) is 7.22. The average Bonchev–Trinajstić information content (AvgIpc) is 2.86. The molecule has 1 aromatic carbocycles. The Morgan fingerprint density at radius 1 is 1.24 bits per heavy atom. The highest BCUT2D eigenvalue weighted by Crippen LogP contribution is 2.28. The van der Waals surface area contributed by atoms with Crippen LogP contribution in [-0.2, 0) is 9.59 Å². The van der Waals surface area contributed by atoms with Crippen molar-refractivity contribution in [3.8, 4) is 0 Å². The van der Waals surface area contributed by atoms with Gasteiger partial charge in [-0.15, -0.1) is 0 Å². The minimum atomic E-state index is -0.768. The summed E-state index contributed by atoms with van der Waals surface area (Å²) in [6, 6.07) is 6.18. The molecule has 2 heterocycles. The summed E-state index contributed by atoms with van der Waals surface area (Å²) in [5.41, 5.74) is 1.99. The molecule has 0 aliphatic carbocycles. The van der Waals surface area contributed by atoms with Crippen LogP contribution < -0.4 is 10.2 Å². The van der Waals surface area contributed by atoms with Crippen LogP contribution in [0.4, 0.5) is 10.5 Å². The number of barbiturate groups is 1. The highest BCUT2D eigenvalue weighted by atomic mass is 127. The highest BCUT2D eigenvalue weighted by Gasteiger charge is 2.37. The predicted molar refractivity (Wildman–Crippen MR) is 104 cm³/mol. The number of nitrogens with zero attached hydrogens (tertiary/aromatic N) is 1. The minimum absolute atomic E-state index is 0.168. The van der Waals surface area contributed by atoms with E-state index in [9.17, 15) is 14.4 Å². The number of imide groups is 2. The van der Waals surface area contributed by atoms with E-state index in [1.807, 2.05) is 42.5 Å². The van der Waals surface area contributed by atoms with Gasteiger partial charge < -0.3 is 4.42 Å². The summed E-state index contributed by atoms with van der Waals surface area (Å²) in [5.74, 6) is -1.10. The Labute approximate surface area is 165 Å². The Morgan fingerprint density at radius 3 is 2.60 bits per heavy atom. The lowest BCUT2D eigenvalue weighted by molar-refractivity contribution is -0.122. The largest absolute Gasteiger partial charge is 0.450 e. The van der Waals surface area contributed by atoms with Gasteiger partial charge in [0, 0.05) is 22.6 Å². The zero-order valence-corrected chi connectivity index (χ0v) is 17.0. The molecule has 0 spiro atoms. The van der Waals surface area contributed by atoms with Crippen LogP contribution in [0.5, 0.6) is 0 Å². The Hall–Kier alpha value is -1.94. The Bertz CT molecular complexity index is 929. The molecule has 1 aliphatic rings. The summed E-state index contributed by atoms with van der Waals surface area (Å²) < 4.78 is 6.76. The second kappa shape index (κ2) is 6.75. The molecule has 3 rings (SSSR count). The summed E-state index contributed by atoms with van der Waals surface area (Å²) >= 11 is 5.29. The van der Waals surface area contributed by atoms with Crippen molar-refractivity contribution in [1.82, 2.24) is 5.32 Å². The molecule has 6 nitrogen and oxygen atoms in total. The smallest absolute Gasteiger partial charge is 0.335 e. The van der Waals surface area contributed by atoms with Gasteiger partial charge in [0.1, 0.15) is 11.3 Å². The van der Waals surface area contributed by atoms with Crippen LogP contribution in [0.3, 0.4) is 0 Å². The van der Waals surface area contributed by atoms with E-state index in [-0.39, 0.29) is 5.57 Å². The molecule has 128 valence electrons. The van der Waals surface area contributed by atoms with E-state index in [1.54, 1.807) is 18.2 Å². The molecule has 8 heteroatoms. The van der Waals surface area contributed by atoms with Crippen LogP contribution in [0.15, 0.2) is 38.7 Å². The number of carbonyl (C=O) groups excluding carboxylic acids is 3. The number of carbonyl (C=O) groups is 3. The van der Waals surface area contributed by atoms with Gasteiger partial charge >= 0.3 is 6.03 Å². The second-order valence-corrected chi connectivity index (χ2v) is 7.28. The van der Waals surface area contributed by atoms with Gasteiger partial charge in [0.05, 0.1) is 10.2 Å². The molecular formula is C17H12BrIN2O4. The third kappa shape index (κ3) is 3.28. The zero-order chi connectivity index (χ0) is 18.3. The first kappa shape index (κ1) is 17.9. The first-order valence-corrected chi connectivity index (χ1v) is 9.09. The van der Waals surface area contributed by atoms with Crippen molar-refractivity contribution < 1.29 is 18.8 Å². The van der Waals surface area contributed by atoms with Crippen LogP contribution in [-0.4, -0.2) is 17.8 Å². The van der Waals surface area contributed by atoms with Crippen molar-refractivity contribution in [2.75, 3.05) is 4.90 Å². The number of anilines is 1. The molecule has 0 bridgehead atoms. The number of rotatable bonds is 2. The molecule has 2 aromatic rings. The Kier molecular flexibility index (Phi) is 4.83. The fourth-order valence-corrected chi connectivity index (χ4v) is 3.15. The molecule has 25 heavy (non-hydrogen) atoms. The molecule has 1 aliphatic heterocycles. The van der Waals surface area contributed by atoms with E-state index >= 15 is 0 Å². The fourth-order valence-electron chi connectivity index (χ4n) is 2.43. The van der Waals surface area contributed by atoms with Crippen molar-refractivity contribution in [2.24, 2.45) is 0 Å². The monoisotopic (exact) mass is 514 g/mol. The summed E-state index contributed by atoms with van der Waals surface area (Å²) in [6.07, 6.45) is 1.33. The number of urea groups is 1. The zero-order valence-electron chi connectivity index (χ0n) is 13.2. The van der Waals surface area contributed by atoms with Gasteiger partial charge in [-0.2, -0.15) is 0 Å². The molecular weight excluding hydrogens is 503 g/mol. The van der Waals surface area contributed by atoms with Gasteiger partial charge in [0.2, 0.25) is 0 Å². The summed E-state index contributed by atoms with van der Waals surface area (Å²) in [4.78, 5) is 38.2. The van der Waals surface area contributed by atoms with Gasteiger partial charge in [0.25, 0.3) is 11.8 Å². The van der Waals surface area contributed by atoms with Gasteiger partial charge in [-0.3, -0.25) is 14.9 Å². The maximum atomic E-state index is 12.8. The van der Waals surface area contributed by atoms with Crippen molar-refractivity contribution >= 4 is 68.1 Å². The summed E-state index contributed by atoms with van der Waals surface area (Å²) in [7, 11) is 0. The number of nitrogens with one attached hydrogen (secondary N) is 1. The third-order valence-corrected chi connectivity index (χ3v) is 6.00. The lowest BCUT2D eigenvalue weighted by Gasteiger charge is -2.27. The SMILES string of the molecule is Cc1cccc(N2C(=O)NC(=O)/C(=C\c3cc(Br)c(I)o3)C2=O)c1C. The van der Waals surface area contributed by atoms with E-state index in [0.717, 1.165) is 16.0 Å². The number of halogens is 2. The maximum absolute atomic E-state index is 12.8. The predicted octanol–water partition coefficient (Wildman–Crippen LogP) is 3.93. The van der Waals surface area contributed by atoms with Crippen molar-refractivity contribution in [2.45, 2.75) is 13.8 Å². The molecule has 0 radical (unpaired) electrons. The molecule has 1 fully saturated rings. The number of hydrogen-bond acceptors (Lipinski definition) is 4. The number of aryl methyl sites for hydroxylation is 1. The fraction of sp³-hybridized carbons (Fsp3) is 0.118. The lowest BCUT2D eigenvalue weighted by atomic mass is 10.0. The topological polar surface area (TPSA) is 79.6 Å². The van der Waals surface area contributed by atoms with Crippen LogP contribution in [0.2, 0.25) is 0 Å². The van der Waals surface area contributed by atoms with Gasteiger partial charge in [-0.05, 0) is 59.1 Å². The van der Waals surface area contributed by atoms with Gasteiger partial charge in [0.15, 0.2) is 3.77 Å². The number of benzene rings is 1. The van der Waals surface area contributed by atoms with Crippen LogP contribution in [0, 0.1) is 17.6 Å². The number of furan rings is 1. The van der Waals surface area contributed by atoms with Crippen LogP contribution >= 0.6 is 38.5 Å². The first-order chi connectivity index (χ1) is 11.8. The van der Waals surface area contributed by atoms with Crippen LogP contribution in [0.1, 0.15) is 16.9 Å². The summed E-state index contributed by atoms with van der Waals surface area (Å²) in [6.45, 7) is 3.70. The molecule has 0 unspecified atom stereocenters. The van der Waals surface area contributed by atoms with Crippen molar-refractivity contribution in [1.29, 1.82) is 0 Å². The van der Waals surface area contributed by atoms with Crippen LogP contribution in [0.25, 0.3) is 6.08 Å². The van der Waals surface area contributed by atoms with Crippen molar-refractivity contribution in [3.05, 3.63) is 55.0 Å².